The minimum atomic E-state index is -3.30. The Morgan fingerprint density at radius 3 is 2.84 bits per heavy atom. The van der Waals surface area contributed by atoms with E-state index in [4.69, 9.17) is 0 Å². The van der Waals surface area contributed by atoms with Crippen molar-refractivity contribution in [2.75, 3.05) is 11.1 Å². The Balaban J connectivity index is 1.81. The van der Waals surface area contributed by atoms with Gasteiger partial charge < -0.3 is 5.32 Å². The van der Waals surface area contributed by atoms with Crippen LogP contribution in [0.4, 0.5) is 14.3 Å². The molecule has 0 aliphatic heterocycles. The van der Waals surface area contributed by atoms with Gasteiger partial charge in [0.25, 0.3) is 0 Å². The molecule has 0 fully saturated rings. The molecule has 3 N–H and O–H groups in total. The highest BCUT2D eigenvalue weighted by Gasteiger charge is 2.11. The van der Waals surface area contributed by atoms with Gasteiger partial charge in [0.2, 0.25) is 10.0 Å². The van der Waals surface area contributed by atoms with Crippen LogP contribution in [0.1, 0.15) is 24.6 Å². The van der Waals surface area contributed by atoms with Gasteiger partial charge in [-0.3, -0.25) is 5.32 Å². The third-order valence-corrected chi connectivity index (χ3v) is 5.40. The Hall–Kier alpha value is -2.04. The molecule has 0 saturated carbocycles. The number of halogens is 1. The zero-order chi connectivity index (χ0) is 18.3. The summed E-state index contributed by atoms with van der Waals surface area (Å²) in [6.07, 6.45) is 0.532. The lowest BCUT2D eigenvalue weighted by Gasteiger charge is -2.05. The van der Waals surface area contributed by atoms with E-state index < -0.39 is 16.1 Å². The molecule has 2 amide bonds. The molecular formula is C15H19FN4O3S2. The first-order valence-electron chi connectivity index (χ1n) is 7.59. The third-order valence-electron chi connectivity index (χ3n) is 3.06. The Kier molecular flexibility index (Phi) is 6.85. The number of benzene rings is 1. The van der Waals surface area contributed by atoms with Crippen LogP contribution in [0, 0.1) is 5.82 Å². The quantitative estimate of drug-likeness (QED) is 0.649. The lowest BCUT2D eigenvalue weighted by molar-refractivity contribution is 0.251. The van der Waals surface area contributed by atoms with Gasteiger partial charge in [0.05, 0.1) is 18.0 Å². The Bertz CT molecular complexity index is 824. The number of hydrogen-bond donors (Lipinski definition) is 3. The zero-order valence-electron chi connectivity index (χ0n) is 13.6. The van der Waals surface area contributed by atoms with Crippen LogP contribution in [0.5, 0.6) is 0 Å². The van der Waals surface area contributed by atoms with Gasteiger partial charge in [-0.05, 0) is 24.1 Å². The predicted molar refractivity (Wildman–Crippen MR) is 95.3 cm³/mol. The molecule has 25 heavy (non-hydrogen) atoms. The van der Waals surface area contributed by atoms with Crippen LogP contribution in [-0.2, 0) is 23.1 Å². The van der Waals surface area contributed by atoms with Crippen LogP contribution < -0.4 is 15.4 Å². The number of urea groups is 1. The summed E-state index contributed by atoms with van der Waals surface area (Å²) in [4.78, 5) is 16.0. The van der Waals surface area contributed by atoms with Crippen LogP contribution >= 0.6 is 11.3 Å². The lowest BCUT2D eigenvalue weighted by Crippen LogP contribution is -2.28. The molecule has 2 rings (SSSR count). The summed E-state index contributed by atoms with van der Waals surface area (Å²) in [5.41, 5.74) is 1.16. The van der Waals surface area contributed by atoms with Crippen molar-refractivity contribution in [2.45, 2.75) is 26.4 Å². The first kappa shape index (κ1) is 19.3. The number of carbonyl (C=O) groups excluding carboxylic acids is 1. The minimum Gasteiger partial charge on any atom is -0.334 e. The van der Waals surface area contributed by atoms with Gasteiger partial charge in [-0.15, -0.1) is 11.3 Å². The van der Waals surface area contributed by atoms with Crippen molar-refractivity contribution in [1.82, 2.24) is 15.0 Å². The number of amides is 2. The summed E-state index contributed by atoms with van der Waals surface area (Å²) in [6.45, 7) is 2.04. The second-order valence-electron chi connectivity index (χ2n) is 5.22. The number of nitrogens with zero attached hydrogens (tertiary/aromatic N) is 1. The van der Waals surface area contributed by atoms with Crippen molar-refractivity contribution < 1.29 is 17.6 Å². The number of sulfonamides is 1. The number of aromatic nitrogens is 1. The van der Waals surface area contributed by atoms with Gasteiger partial charge in [-0.25, -0.2) is 27.3 Å². The fourth-order valence-corrected chi connectivity index (χ4v) is 3.70. The van der Waals surface area contributed by atoms with E-state index in [1.807, 2.05) is 0 Å². The van der Waals surface area contributed by atoms with E-state index >= 15 is 0 Å². The first-order valence-corrected chi connectivity index (χ1v) is 10.1. The van der Waals surface area contributed by atoms with E-state index in [1.54, 1.807) is 24.4 Å². The molecule has 10 heteroatoms. The maximum atomic E-state index is 13.1. The average Bonchev–Trinajstić information content (AvgIpc) is 2.99. The number of thiazole rings is 1. The predicted octanol–water partition coefficient (Wildman–Crippen LogP) is 2.43. The number of nitrogens with one attached hydrogen (secondary N) is 3. The molecule has 0 radical (unpaired) electrons. The molecule has 136 valence electrons. The normalized spacial score (nSPS) is 11.3. The van der Waals surface area contributed by atoms with Crippen molar-refractivity contribution in [3.05, 3.63) is 46.7 Å². The number of anilines is 1. The van der Waals surface area contributed by atoms with Crippen molar-refractivity contribution in [1.29, 1.82) is 0 Å². The van der Waals surface area contributed by atoms with Gasteiger partial charge in [0.1, 0.15) is 5.82 Å². The van der Waals surface area contributed by atoms with Gasteiger partial charge in [0.15, 0.2) is 5.13 Å². The second-order valence-corrected chi connectivity index (χ2v) is 8.01. The highest BCUT2D eigenvalue weighted by molar-refractivity contribution is 7.89. The molecule has 0 spiro atoms. The molecule has 1 heterocycles. The standard InChI is InChI=1S/C15H19FN4O3S2/c1-2-6-25(22,23)18-9-13-10-24-15(19-13)20-14(21)17-8-11-4-3-5-12(16)7-11/h3-5,7,10,18H,2,6,8-9H2,1H3,(H2,17,19,20,21). The summed E-state index contributed by atoms with van der Waals surface area (Å²) < 4.78 is 38.7. The Morgan fingerprint density at radius 1 is 1.32 bits per heavy atom. The summed E-state index contributed by atoms with van der Waals surface area (Å²) in [7, 11) is -3.30. The van der Waals surface area contributed by atoms with E-state index in [0.717, 1.165) is 0 Å². The van der Waals surface area contributed by atoms with Crippen LogP contribution in [0.25, 0.3) is 0 Å². The fourth-order valence-electron chi connectivity index (χ4n) is 1.94. The zero-order valence-corrected chi connectivity index (χ0v) is 15.2. The van der Waals surface area contributed by atoms with E-state index in [0.29, 0.717) is 22.8 Å². The van der Waals surface area contributed by atoms with Gasteiger partial charge in [-0.2, -0.15) is 0 Å². The average molecular weight is 386 g/mol. The SMILES string of the molecule is CCCS(=O)(=O)NCc1csc(NC(=O)NCc2cccc(F)c2)n1. The molecule has 0 aliphatic rings. The molecule has 7 nitrogen and oxygen atoms in total. The van der Waals surface area contributed by atoms with Gasteiger partial charge >= 0.3 is 6.03 Å². The van der Waals surface area contributed by atoms with Crippen molar-refractivity contribution in [3.63, 3.8) is 0 Å². The molecule has 0 saturated heterocycles. The summed E-state index contributed by atoms with van der Waals surface area (Å²) in [5.74, 6) is -0.306. The van der Waals surface area contributed by atoms with Crippen molar-refractivity contribution >= 4 is 32.5 Å². The fraction of sp³-hybridized carbons (Fsp3) is 0.333. The third kappa shape index (κ3) is 6.77. The number of rotatable bonds is 8. The van der Waals surface area contributed by atoms with Crippen molar-refractivity contribution in [2.24, 2.45) is 0 Å². The molecule has 0 atom stereocenters. The molecule has 2 aromatic rings. The van der Waals surface area contributed by atoms with Crippen molar-refractivity contribution in [3.8, 4) is 0 Å². The Labute approximate surface area is 149 Å². The molecule has 0 bridgehead atoms. The molecular weight excluding hydrogens is 367 g/mol. The van der Waals surface area contributed by atoms with E-state index in [1.165, 1.54) is 23.5 Å². The lowest BCUT2D eigenvalue weighted by atomic mass is 10.2. The second kappa shape index (κ2) is 8.88. The van der Waals surface area contributed by atoms with Crippen LogP contribution in [0.3, 0.4) is 0 Å². The first-order chi connectivity index (χ1) is 11.9. The number of hydrogen-bond acceptors (Lipinski definition) is 5. The molecule has 1 aromatic heterocycles. The topological polar surface area (TPSA) is 100 Å². The minimum absolute atomic E-state index is 0.0602. The van der Waals surface area contributed by atoms with Gasteiger partial charge in [-0.1, -0.05) is 19.1 Å². The van der Waals surface area contributed by atoms with Gasteiger partial charge in [0, 0.05) is 11.9 Å². The summed E-state index contributed by atoms with van der Waals surface area (Å²) in [5, 5.41) is 7.16. The van der Waals surface area contributed by atoms with Crippen LogP contribution in [0.2, 0.25) is 0 Å². The van der Waals surface area contributed by atoms with E-state index in [-0.39, 0.29) is 24.7 Å². The summed E-state index contributed by atoms with van der Waals surface area (Å²) in [6, 6.07) is 5.46. The smallest absolute Gasteiger partial charge is 0.321 e. The monoisotopic (exact) mass is 386 g/mol. The van der Waals surface area contributed by atoms with Crippen LogP contribution in [-0.4, -0.2) is 25.2 Å². The maximum Gasteiger partial charge on any atom is 0.321 e. The maximum absolute atomic E-state index is 13.1. The van der Waals surface area contributed by atoms with E-state index in [9.17, 15) is 17.6 Å². The van der Waals surface area contributed by atoms with Crippen LogP contribution in [0.15, 0.2) is 29.6 Å². The van der Waals surface area contributed by atoms with E-state index in [2.05, 4.69) is 20.3 Å². The highest BCUT2D eigenvalue weighted by atomic mass is 32.2. The number of carbonyl (C=O) groups is 1. The summed E-state index contributed by atoms with van der Waals surface area (Å²) >= 11 is 1.19. The highest BCUT2D eigenvalue weighted by Crippen LogP contribution is 2.15. The molecule has 0 aliphatic carbocycles. The largest absolute Gasteiger partial charge is 0.334 e. The Morgan fingerprint density at radius 2 is 2.12 bits per heavy atom. The molecule has 1 aromatic carbocycles. The molecule has 0 unspecified atom stereocenters.